The summed E-state index contributed by atoms with van der Waals surface area (Å²) in [6, 6.07) is 3.72. The standard InChI is InChI=1S/C20H27NO5S/c1-14-4-8-18(27-14)17(23)7-5-16(22)6-9-19(24)21-10-2-3-15(13-21)20-25-11-12-26-20/h4,8,15,20H,2-3,5-7,9-13H2,1H3. The van der Waals surface area contributed by atoms with E-state index in [-0.39, 0.29) is 55.4 Å². The van der Waals surface area contributed by atoms with Gasteiger partial charge in [0.05, 0.1) is 18.1 Å². The SMILES string of the molecule is Cc1ccc(C(=O)CCC(=O)CCC(=O)N2CCCC(C3OCCO3)C2)s1. The Morgan fingerprint density at radius 3 is 2.56 bits per heavy atom. The molecule has 6 nitrogen and oxygen atoms in total. The van der Waals surface area contributed by atoms with Gasteiger partial charge in [-0.15, -0.1) is 11.3 Å². The van der Waals surface area contributed by atoms with Crippen molar-refractivity contribution in [3.05, 3.63) is 21.9 Å². The van der Waals surface area contributed by atoms with Crippen molar-refractivity contribution in [1.82, 2.24) is 4.90 Å². The highest BCUT2D eigenvalue weighted by molar-refractivity contribution is 7.14. The summed E-state index contributed by atoms with van der Waals surface area (Å²) in [7, 11) is 0. The largest absolute Gasteiger partial charge is 0.350 e. The van der Waals surface area contributed by atoms with Crippen LogP contribution in [-0.4, -0.2) is 55.0 Å². The van der Waals surface area contributed by atoms with Crippen LogP contribution in [0.2, 0.25) is 0 Å². The van der Waals surface area contributed by atoms with E-state index < -0.39 is 0 Å². The molecule has 7 heteroatoms. The maximum atomic E-state index is 12.5. The van der Waals surface area contributed by atoms with Gasteiger partial charge in [0.2, 0.25) is 5.91 Å². The van der Waals surface area contributed by atoms with Crippen LogP contribution >= 0.6 is 11.3 Å². The lowest BCUT2D eigenvalue weighted by molar-refractivity contribution is -0.140. The molecule has 0 spiro atoms. The van der Waals surface area contributed by atoms with Crippen molar-refractivity contribution in [3.63, 3.8) is 0 Å². The molecule has 1 aromatic heterocycles. The second-order valence-electron chi connectivity index (χ2n) is 7.22. The fourth-order valence-electron chi connectivity index (χ4n) is 3.60. The summed E-state index contributed by atoms with van der Waals surface area (Å²) in [6.07, 6.45) is 2.57. The van der Waals surface area contributed by atoms with E-state index in [1.807, 2.05) is 17.9 Å². The number of Topliss-reactive ketones (excluding diaryl/α,β-unsaturated/α-hetero) is 2. The number of aryl methyl sites for hydroxylation is 1. The van der Waals surface area contributed by atoms with E-state index in [4.69, 9.17) is 9.47 Å². The van der Waals surface area contributed by atoms with Crippen LogP contribution in [-0.2, 0) is 19.1 Å². The number of carbonyl (C=O) groups excluding carboxylic acids is 3. The van der Waals surface area contributed by atoms with Crippen molar-refractivity contribution in [3.8, 4) is 0 Å². The summed E-state index contributed by atoms with van der Waals surface area (Å²) < 4.78 is 11.1. The molecule has 0 aliphatic carbocycles. The van der Waals surface area contributed by atoms with Crippen LogP contribution in [0.5, 0.6) is 0 Å². The Balaban J connectivity index is 1.37. The van der Waals surface area contributed by atoms with E-state index >= 15 is 0 Å². The van der Waals surface area contributed by atoms with E-state index in [9.17, 15) is 14.4 Å². The number of amides is 1. The first-order valence-electron chi connectivity index (χ1n) is 9.65. The van der Waals surface area contributed by atoms with Crippen molar-refractivity contribution in [2.24, 2.45) is 5.92 Å². The Kier molecular flexibility index (Phi) is 7.15. The molecule has 0 radical (unpaired) electrons. The van der Waals surface area contributed by atoms with Gasteiger partial charge in [-0.05, 0) is 31.9 Å². The maximum absolute atomic E-state index is 12.5. The first kappa shape index (κ1) is 20.2. The van der Waals surface area contributed by atoms with Gasteiger partial charge in [0.15, 0.2) is 12.1 Å². The third-order valence-electron chi connectivity index (χ3n) is 5.11. The Labute approximate surface area is 163 Å². The van der Waals surface area contributed by atoms with Gasteiger partial charge in [-0.3, -0.25) is 14.4 Å². The molecular weight excluding hydrogens is 366 g/mol. The smallest absolute Gasteiger partial charge is 0.223 e. The van der Waals surface area contributed by atoms with Crippen molar-refractivity contribution < 1.29 is 23.9 Å². The second kappa shape index (κ2) is 9.57. The first-order chi connectivity index (χ1) is 13.0. The van der Waals surface area contributed by atoms with Gasteiger partial charge < -0.3 is 14.4 Å². The zero-order valence-corrected chi connectivity index (χ0v) is 16.6. The molecule has 2 aliphatic heterocycles. The average molecular weight is 394 g/mol. The summed E-state index contributed by atoms with van der Waals surface area (Å²) >= 11 is 1.45. The van der Waals surface area contributed by atoms with Crippen LogP contribution in [0.15, 0.2) is 12.1 Å². The molecule has 1 amide bonds. The van der Waals surface area contributed by atoms with Gasteiger partial charge in [-0.25, -0.2) is 0 Å². The Morgan fingerprint density at radius 2 is 1.85 bits per heavy atom. The zero-order valence-electron chi connectivity index (χ0n) is 15.8. The van der Waals surface area contributed by atoms with E-state index in [1.54, 1.807) is 6.07 Å². The minimum absolute atomic E-state index is 0.00297. The summed E-state index contributed by atoms with van der Waals surface area (Å²) in [5.41, 5.74) is 0. The minimum atomic E-state index is -0.200. The van der Waals surface area contributed by atoms with Crippen LogP contribution in [0.25, 0.3) is 0 Å². The van der Waals surface area contributed by atoms with Crippen LogP contribution in [0.1, 0.15) is 53.1 Å². The zero-order chi connectivity index (χ0) is 19.2. The highest BCUT2D eigenvalue weighted by Crippen LogP contribution is 2.25. The van der Waals surface area contributed by atoms with Gasteiger partial charge in [0.25, 0.3) is 0 Å². The average Bonchev–Trinajstić information content (AvgIpc) is 3.36. The third kappa shape index (κ3) is 5.70. The van der Waals surface area contributed by atoms with Gasteiger partial charge in [0, 0.05) is 49.6 Å². The predicted molar refractivity (Wildman–Crippen MR) is 102 cm³/mol. The number of hydrogen-bond donors (Lipinski definition) is 0. The maximum Gasteiger partial charge on any atom is 0.223 e. The molecule has 2 fully saturated rings. The van der Waals surface area contributed by atoms with Gasteiger partial charge in [-0.1, -0.05) is 0 Å². The molecule has 0 saturated carbocycles. The normalized spacial score (nSPS) is 20.8. The number of rotatable bonds is 8. The number of ether oxygens (including phenoxy) is 2. The Hall–Kier alpha value is -1.57. The monoisotopic (exact) mass is 393 g/mol. The van der Waals surface area contributed by atoms with Crippen molar-refractivity contribution >= 4 is 28.8 Å². The molecule has 27 heavy (non-hydrogen) atoms. The predicted octanol–water partition coefficient (Wildman–Crippen LogP) is 2.98. The molecular formula is C20H27NO5S. The van der Waals surface area contributed by atoms with Crippen LogP contribution in [0, 0.1) is 12.8 Å². The summed E-state index contributed by atoms with van der Waals surface area (Å²) in [5.74, 6) is 0.197. The minimum Gasteiger partial charge on any atom is -0.350 e. The number of ketones is 2. The number of thiophene rings is 1. The molecule has 1 atom stereocenters. The summed E-state index contributed by atoms with van der Waals surface area (Å²) in [5, 5.41) is 0. The Morgan fingerprint density at radius 1 is 1.11 bits per heavy atom. The molecule has 3 heterocycles. The van der Waals surface area contributed by atoms with Crippen molar-refractivity contribution in [1.29, 1.82) is 0 Å². The fraction of sp³-hybridized carbons (Fsp3) is 0.650. The number of hydrogen-bond acceptors (Lipinski definition) is 6. The number of carbonyl (C=O) groups is 3. The van der Waals surface area contributed by atoms with Gasteiger partial charge >= 0.3 is 0 Å². The van der Waals surface area contributed by atoms with E-state index in [0.29, 0.717) is 24.6 Å². The number of piperidine rings is 1. The Bertz CT molecular complexity index is 680. The van der Waals surface area contributed by atoms with Gasteiger partial charge in [0.1, 0.15) is 5.78 Å². The molecule has 148 valence electrons. The molecule has 1 unspecified atom stereocenters. The highest BCUT2D eigenvalue weighted by atomic mass is 32.1. The van der Waals surface area contributed by atoms with Crippen molar-refractivity contribution in [2.75, 3.05) is 26.3 Å². The number of likely N-dealkylation sites (tertiary alicyclic amines) is 1. The van der Waals surface area contributed by atoms with Crippen molar-refractivity contribution in [2.45, 2.75) is 51.7 Å². The second-order valence-corrected chi connectivity index (χ2v) is 8.51. The van der Waals surface area contributed by atoms with E-state index in [1.165, 1.54) is 11.3 Å². The molecule has 2 saturated heterocycles. The lowest BCUT2D eigenvalue weighted by Gasteiger charge is -2.34. The lowest BCUT2D eigenvalue weighted by Crippen LogP contribution is -2.43. The third-order valence-corrected chi connectivity index (χ3v) is 6.15. The van der Waals surface area contributed by atoms with E-state index in [0.717, 1.165) is 24.3 Å². The van der Waals surface area contributed by atoms with E-state index in [2.05, 4.69) is 0 Å². The van der Waals surface area contributed by atoms with Gasteiger partial charge in [-0.2, -0.15) is 0 Å². The molecule has 0 bridgehead atoms. The quantitative estimate of drug-likeness (QED) is 0.635. The molecule has 1 aromatic rings. The number of nitrogens with zero attached hydrogens (tertiary/aromatic N) is 1. The van der Waals surface area contributed by atoms with Crippen LogP contribution in [0.3, 0.4) is 0 Å². The van der Waals surface area contributed by atoms with Crippen LogP contribution in [0.4, 0.5) is 0 Å². The summed E-state index contributed by atoms with van der Waals surface area (Å²) in [4.78, 5) is 40.2. The lowest BCUT2D eigenvalue weighted by atomic mass is 9.97. The van der Waals surface area contributed by atoms with Crippen LogP contribution < -0.4 is 0 Å². The molecule has 3 rings (SSSR count). The first-order valence-corrected chi connectivity index (χ1v) is 10.5. The topological polar surface area (TPSA) is 72.9 Å². The molecule has 0 N–H and O–H groups in total. The fourth-order valence-corrected chi connectivity index (χ4v) is 4.43. The highest BCUT2D eigenvalue weighted by Gasteiger charge is 2.32. The molecule has 2 aliphatic rings. The molecule has 0 aromatic carbocycles. The summed E-state index contributed by atoms with van der Waals surface area (Å²) in [6.45, 7) is 4.55.